The van der Waals surface area contributed by atoms with Crippen LogP contribution in [0.1, 0.15) is 27.8 Å². The van der Waals surface area contributed by atoms with Gasteiger partial charge < -0.3 is 25.0 Å². The monoisotopic (exact) mass is 455 g/mol. The normalized spacial score (nSPS) is 10.9. The van der Waals surface area contributed by atoms with Crippen molar-refractivity contribution >= 4 is 17.1 Å². The van der Waals surface area contributed by atoms with Gasteiger partial charge in [-0.05, 0) is 98.8 Å². The molecule has 0 saturated heterocycles. The van der Waals surface area contributed by atoms with Crippen molar-refractivity contribution in [3.05, 3.63) is 94.5 Å². The molecule has 5 heteroatoms. The summed E-state index contributed by atoms with van der Waals surface area (Å²) in [5, 5.41) is 32.2. The maximum atomic E-state index is 10.9. The molecule has 0 atom stereocenters. The topological polar surface area (TPSA) is 73.2 Å². The zero-order valence-corrected chi connectivity index (χ0v) is 20.0. The Labute approximate surface area is 200 Å². The highest BCUT2D eigenvalue weighted by atomic mass is 16.5. The lowest BCUT2D eigenvalue weighted by Gasteiger charge is -2.31. The van der Waals surface area contributed by atoms with Crippen molar-refractivity contribution in [2.45, 2.75) is 34.6 Å². The zero-order chi connectivity index (χ0) is 24.6. The largest absolute Gasteiger partial charge is 0.506 e. The molecule has 5 nitrogen and oxygen atoms in total. The Balaban J connectivity index is 1.92. The molecule has 4 aromatic rings. The second kappa shape index (κ2) is 9.02. The van der Waals surface area contributed by atoms with Gasteiger partial charge in [0.05, 0.1) is 17.1 Å². The molecular weight excluding hydrogens is 426 g/mol. The number of phenols is 3. The van der Waals surface area contributed by atoms with Gasteiger partial charge in [0.15, 0.2) is 11.5 Å². The van der Waals surface area contributed by atoms with E-state index in [0.717, 1.165) is 27.8 Å². The Kier molecular flexibility index (Phi) is 6.12. The molecule has 0 aromatic heterocycles. The van der Waals surface area contributed by atoms with Gasteiger partial charge in [0.25, 0.3) is 0 Å². The molecule has 0 aliphatic carbocycles. The minimum atomic E-state index is 0.0570. The predicted octanol–water partition coefficient (Wildman–Crippen LogP) is 7.61. The first-order chi connectivity index (χ1) is 16.2. The lowest BCUT2D eigenvalue weighted by molar-refractivity contribution is 0.411. The molecule has 0 spiro atoms. The molecule has 4 aromatic carbocycles. The van der Waals surface area contributed by atoms with Crippen molar-refractivity contribution in [1.29, 1.82) is 0 Å². The lowest BCUT2D eigenvalue weighted by atomic mass is 10.0. The summed E-state index contributed by atoms with van der Waals surface area (Å²) in [6.45, 7) is 9.77. The molecule has 0 saturated carbocycles. The molecular formula is C29H29NO4. The molecule has 3 N–H and O–H groups in total. The van der Waals surface area contributed by atoms with Crippen LogP contribution in [0.15, 0.2) is 66.7 Å². The van der Waals surface area contributed by atoms with Crippen LogP contribution in [0.25, 0.3) is 0 Å². The standard InChI is InChI=1S/C29H29NO4/c1-17-9-14-27(26(33)15-17)34-23-8-6-7-22(16-23)30(28-20(4)18(2)10-12-24(28)31)29-21(5)19(3)11-13-25(29)32/h6-16,31-33H,1-5H3. The quantitative estimate of drug-likeness (QED) is 0.289. The molecule has 174 valence electrons. The summed E-state index contributed by atoms with van der Waals surface area (Å²) >= 11 is 0. The Morgan fingerprint density at radius 2 is 1.21 bits per heavy atom. The van der Waals surface area contributed by atoms with Crippen molar-refractivity contribution in [2.24, 2.45) is 0 Å². The van der Waals surface area contributed by atoms with Gasteiger partial charge in [-0.15, -0.1) is 0 Å². The average Bonchev–Trinajstić information content (AvgIpc) is 2.80. The van der Waals surface area contributed by atoms with Gasteiger partial charge in [-0.3, -0.25) is 0 Å². The third kappa shape index (κ3) is 4.25. The van der Waals surface area contributed by atoms with Gasteiger partial charge in [0.2, 0.25) is 0 Å². The molecule has 4 rings (SSSR count). The number of ether oxygens (including phenoxy) is 1. The molecule has 0 fully saturated rings. The highest BCUT2D eigenvalue weighted by Gasteiger charge is 2.24. The number of rotatable bonds is 5. The third-order valence-electron chi connectivity index (χ3n) is 6.23. The summed E-state index contributed by atoms with van der Waals surface area (Å²) in [5.74, 6) is 1.12. The first-order valence-electron chi connectivity index (χ1n) is 11.1. The highest BCUT2D eigenvalue weighted by molar-refractivity contribution is 5.87. The van der Waals surface area contributed by atoms with E-state index in [9.17, 15) is 15.3 Å². The highest BCUT2D eigenvalue weighted by Crippen LogP contribution is 2.48. The van der Waals surface area contributed by atoms with Gasteiger partial charge in [-0.1, -0.05) is 24.3 Å². The molecule has 0 bridgehead atoms. The van der Waals surface area contributed by atoms with Crippen molar-refractivity contribution in [2.75, 3.05) is 4.90 Å². The summed E-state index contributed by atoms with van der Waals surface area (Å²) in [6.07, 6.45) is 0. The van der Waals surface area contributed by atoms with E-state index in [4.69, 9.17) is 4.74 Å². The Morgan fingerprint density at radius 3 is 1.76 bits per heavy atom. The number of aromatic hydroxyl groups is 3. The van der Waals surface area contributed by atoms with Crippen LogP contribution in [-0.4, -0.2) is 15.3 Å². The first-order valence-corrected chi connectivity index (χ1v) is 11.1. The minimum Gasteiger partial charge on any atom is -0.506 e. The molecule has 0 amide bonds. The summed E-state index contributed by atoms with van der Waals surface area (Å²) in [5.41, 5.74) is 6.60. The number of benzene rings is 4. The molecule has 0 aliphatic heterocycles. The fraction of sp³-hybridized carbons (Fsp3) is 0.172. The molecule has 0 aliphatic rings. The summed E-state index contributed by atoms with van der Waals surface area (Å²) in [4.78, 5) is 1.86. The van der Waals surface area contributed by atoms with Gasteiger partial charge in [0, 0.05) is 6.07 Å². The van der Waals surface area contributed by atoms with Crippen molar-refractivity contribution in [1.82, 2.24) is 0 Å². The second-order valence-corrected chi connectivity index (χ2v) is 8.66. The van der Waals surface area contributed by atoms with Crippen LogP contribution in [0, 0.1) is 34.6 Å². The Hall–Kier alpha value is -4.12. The number of aryl methyl sites for hydroxylation is 3. The van der Waals surface area contributed by atoms with Crippen LogP contribution in [0.3, 0.4) is 0 Å². The molecule has 0 heterocycles. The number of hydrogen-bond acceptors (Lipinski definition) is 5. The van der Waals surface area contributed by atoms with Crippen LogP contribution >= 0.6 is 0 Å². The fourth-order valence-corrected chi connectivity index (χ4v) is 4.03. The van der Waals surface area contributed by atoms with E-state index in [1.807, 2.05) is 75.9 Å². The fourth-order valence-electron chi connectivity index (χ4n) is 4.03. The predicted molar refractivity (Wildman–Crippen MR) is 136 cm³/mol. The van der Waals surface area contributed by atoms with E-state index in [-0.39, 0.29) is 17.2 Å². The smallest absolute Gasteiger partial charge is 0.169 e. The SMILES string of the molecule is Cc1ccc(Oc2cccc(N(c3c(O)ccc(C)c3C)c3c(O)ccc(C)c3C)c2)c(O)c1. The Bertz CT molecular complexity index is 1320. The van der Waals surface area contributed by atoms with Crippen molar-refractivity contribution in [3.63, 3.8) is 0 Å². The first kappa shape index (κ1) is 23.1. The number of hydrogen-bond donors (Lipinski definition) is 3. The molecule has 0 unspecified atom stereocenters. The summed E-state index contributed by atoms with van der Waals surface area (Å²) < 4.78 is 5.99. The molecule has 0 radical (unpaired) electrons. The van der Waals surface area contributed by atoms with E-state index in [1.165, 1.54) is 0 Å². The van der Waals surface area contributed by atoms with Gasteiger partial charge in [-0.25, -0.2) is 0 Å². The van der Waals surface area contributed by atoms with Crippen molar-refractivity contribution in [3.8, 4) is 28.7 Å². The maximum Gasteiger partial charge on any atom is 0.169 e. The van der Waals surface area contributed by atoms with Gasteiger partial charge >= 0.3 is 0 Å². The zero-order valence-electron chi connectivity index (χ0n) is 20.0. The number of anilines is 3. The van der Waals surface area contributed by atoms with Crippen LogP contribution in [0.2, 0.25) is 0 Å². The number of phenolic OH excluding ortho intramolecular Hbond substituents is 3. The average molecular weight is 456 g/mol. The third-order valence-corrected chi connectivity index (χ3v) is 6.23. The van der Waals surface area contributed by atoms with Crippen molar-refractivity contribution < 1.29 is 20.1 Å². The van der Waals surface area contributed by atoms with Crippen LogP contribution in [0.4, 0.5) is 17.1 Å². The van der Waals surface area contributed by atoms with Gasteiger partial charge in [0.1, 0.15) is 17.2 Å². The number of nitrogens with zero attached hydrogens (tertiary/aromatic N) is 1. The van der Waals surface area contributed by atoms with E-state index in [2.05, 4.69) is 0 Å². The summed E-state index contributed by atoms with van der Waals surface area (Å²) in [7, 11) is 0. The minimum absolute atomic E-state index is 0.0570. The van der Waals surface area contributed by atoms with Crippen LogP contribution < -0.4 is 9.64 Å². The lowest BCUT2D eigenvalue weighted by Crippen LogP contribution is -2.14. The van der Waals surface area contributed by atoms with Gasteiger partial charge in [-0.2, -0.15) is 0 Å². The van der Waals surface area contributed by atoms with Crippen LogP contribution in [-0.2, 0) is 0 Å². The summed E-state index contributed by atoms with van der Waals surface area (Å²) in [6, 6.07) is 19.7. The molecule has 34 heavy (non-hydrogen) atoms. The second-order valence-electron chi connectivity index (χ2n) is 8.66. The van der Waals surface area contributed by atoms with Crippen LogP contribution in [0.5, 0.6) is 28.7 Å². The van der Waals surface area contributed by atoms with E-state index in [0.29, 0.717) is 28.6 Å². The van der Waals surface area contributed by atoms with E-state index < -0.39 is 0 Å². The van der Waals surface area contributed by atoms with E-state index >= 15 is 0 Å². The van der Waals surface area contributed by atoms with E-state index in [1.54, 1.807) is 30.3 Å². The Morgan fingerprint density at radius 1 is 0.618 bits per heavy atom. The maximum absolute atomic E-state index is 10.9.